The lowest BCUT2D eigenvalue weighted by molar-refractivity contribution is -0.165. The molecule has 2 fully saturated rings. The summed E-state index contributed by atoms with van der Waals surface area (Å²) in [7, 11) is 0. The number of fused-ring (bicyclic) bond motifs is 5. The lowest BCUT2D eigenvalue weighted by Gasteiger charge is -2.34. The van der Waals surface area contributed by atoms with Gasteiger partial charge in [-0.3, -0.25) is 4.79 Å². The third-order valence-corrected chi connectivity index (χ3v) is 8.92. The molecule has 0 amide bonds. The van der Waals surface area contributed by atoms with Crippen LogP contribution in [0.4, 0.5) is 0 Å². The molecule has 0 spiro atoms. The Bertz CT molecular complexity index is 1150. The maximum Gasteiger partial charge on any atom is 0.310 e. The van der Waals surface area contributed by atoms with E-state index in [0.29, 0.717) is 17.8 Å². The molecule has 5 rings (SSSR count). The summed E-state index contributed by atoms with van der Waals surface area (Å²) in [5.74, 6) is 2.56. The number of carbonyl (C=O) groups excluding carboxylic acids is 1. The van der Waals surface area contributed by atoms with E-state index in [0.717, 1.165) is 27.8 Å². The van der Waals surface area contributed by atoms with E-state index in [4.69, 9.17) is 4.74 Å². The van der Waals surface area contributed by atoms with Crippen LogP contribution in [0.5, 0.6) is 0 Å². The second kappa shape index (κ2) is 7.09. The van der Waals surface area contributed by atoms with Crippen LogP contribution in [0.1, 0.15) is 46.1 Å². The predicted molar refractivity (Wildman–Crippen MR) is 126 cm³/mol. The molecule has 0 heterocycles. The van der Waals surface area contributed by atoms with Crippen LogP contribution < -0.4 is 0 Å². The van der Waals surface area contributed by atoms with Crippen LogP contribution in [0.3, 0.4) is 0 Å². The number of hydrogen-bond donors (Lipinski definition) is 0. The molecule has 3 aromatic rings. The molecule has 5 unspecified atom stereocenters. The first-order valence-corrected chi connectivity index (χ1v) is 11.9. The minimum absolute atomic E-state index is 0.0169. The summed E-state index contributed by atoms with van der Waals surface area (Å²) in [6, 6.07) is 17.0. The minimum atomic E-state index is -0.688. The summed E-state index contributed by atoms with van der Waals surface area (Å²) in [4.78, 5) is 13.2. The van der Waals surface area contributed by atoms with Gasteiger partial charge in [0.05, 0.1) is 5.92 Å². The molecule has 5 atom stereocenters. The summed E-state index contributed by atoms with van der Waals surface area (Å²) < 4.78 is 7.20. The summed E-state index contributed by atoms with van der Waals surface area (Å²) in [6.45, 7) is 8.68. The maximum absolute atomic E-state index is 13.2. The fraction of sp³-hybridized carbons (Fsp3) is 0.444. The molecule has 0 aliphatic heterocycles. The SMILES string of the molecule is CC1C2CC(C(=O)OC(C)(C)c3ccc4c(ccc5ccccc54)c3Br)C(C2)C1C. The van der Waals surface area contributed by atoms with E-state index in [1.54, 1.807) is 0 Å². The fourth-order valence-corrected chi connectivity index (χ4v) is 7.07. The molecule has 0 saturated heterocycles. The Morgan fingerprint density at radius 3 is 2.40 bits per heavy atom. The molecular weight excluding hydrogens is 436 g/mol. The maximum atomic E-state index is 13.2. The minimum Gasteiger partial charge on any atom is -0.455 e. The number of benzene rings is 3. The van der Waals surface area contributed by atoms with Crippen LogP contribution in [0.25, 0.3) is 21.5 Å². The van der Waals surface area contributed by atoms with Crippen molar-refractivity contribution in [3.63, 3.8) is 0 Å². The van der Waals surface area contributed by atoms with Crippen molar-refractivity contribution in [1.29, 1.82) is 0 Å². The van der Waals surface area contributed by atoms with Gasteiger partial charge in [-0.1, -0.05) is 62.4 Å². The number of ether oxygens (including phenoxy) is 1. The number of esters is 1. The van der Waals surface area contributed by atoms with E-state index in [2.05, 4.69) is 78.3 Å². The molecule has 2 nitrogen and oxygen atoms in total. The van der Waals surface area contributed by atoms with Crippen molar-refractivity contribution in [3.05, 3.63) is 58.6 Å². The van der Waals surface area contributed by atoms with E-state index in [1.807, 2.05) is 13.8 Å². The highest BCUT2D eigenvalue weighted by Gasteiger charge is 2.52. The van der Waals surface area contributed by atoms with Gasteiger partial charge in [-0.05, 0) is 87.8 Å². The molecule has 0 aromatic heterocycles. The van der Waals surface area contributed by atoms with Crippen LogP contribution >= 0.6 is 15.9 Å². The van der Waals surface area contributed by atoms with E-state index in [-0.39, 0.29) is 11.9 Å². The molecular formula is C27H29BrO2. The molecule has 2 aliphatic rings. The van der Waals surface area contributed by atoms with E-state index in [9.17, 15) is 4.79 Å². The molecule has 2 saturated carbocycles. The number of carbonyl (C=O) groups is 1. The molecule has 0 N–H and O–H groups in total. The van der Waals surface area contributed by atoms with Gasteiger partial charge in [-0.25, -0.2) is 0 Å². The largest absolute Gasteiger partial charge is 0.455 e. The zero-order valence-electron chi connectivity index (χ0n) is 18.1. The van der Waals surface area contributed by atoms with Crippen molar-refractivity contribution in [2.75, 3.05) is 0 Å². The van der Waals surface area contributed by atoms with Gasteiger partial charge >= 0.3 is 5.97 Å². The average Bonchev–Trinajstić information content (AvgIpc) is 3.28. The van der Waals surface area contributed by atoms with Gasteiger partial charge < -0.3 is 4.74 Å². The summed E-state index contributed by atoms with van der Waals surface area (Å²) in [5.41, 5.74) is 0.329. The lowest BCUT2D eigenvalue weighted by atomic mass is 9.75. The smallest absolute Gasteiger partial charge is 0.310 e. The third kappa shape index (κ3) is 3.00. The Hall–Kier alpha value is -1.87. The van der Waals surface area contributed by atoms with E-state index >= 15 is 0 Å². The normalized spacial score (nSPS) is 28.4. The summed E-state index contributed by atoms with van der Waals surface area (Å²) in [5, 5.41) is 4.83. The van der Waals surface area contributed by atoms with Gasteiger partial charge in [-0.15, -0.1) is 0 Å². The molecule has 156 valence electrons. The number of halogens is 1. The standard InChI is InChI=1S/C27H29BrO2/c1-15-16(2)22-13-18(15)14-23(22)26(29)30-27(3,4)24-12-11-20-19-8-6-5-7-17(19)9-10-21(20)25(24)28/h5-12,15-16,18,22-23H,13-14H2,1-4H3. The first-order chi connectivity index (χ1) is 14.3. The highest BCUT2D eigenvalue weighted by atomic mass is 79.9. The first-order valence-electron chi connectivity index (χ1n) is 11.1. The van der Waals surface area contributed by atoms with Crippen LogP contribution in [-0.4, -0.2) is 5.97 Å². The average molecular weight is 465 g/mol. The quantitative estimate of drug-likeness (QED) is 0.296. The Morgan fingerprint density at radius 2 is 1.67 bits per heavy atom. The Morgan fingerprint density at radius 1 is 0.933 bits per heavy atom. The monoisotopic (exact) mass is 464 g/mol. The lowest BCUT2D eigenvalue weighted by Crippen LogP contribution is -2.35. The Labute approximate surface area is 187 Å². The second-order valence-electron chi connectivity index (χ2n) is 9.96. The first kappa shape index (κ1) is 20.1. The van der Waals surface area contributed by atoms with Crippen molar-refractivity contribution < 1.29 is 9.53 Å². The van der Waals surface area contributed by atoms with Crippen LogP contribution in [0.2, 0.25) is 0 Å². The summed E-state index contributed by atoms with van der Waals surface area (Å²) >= 11 is 3.84. The highest BCUT2D eigenvalue weighted by molar-refractivity contribution is 9.10. The number of rotatable bonds is 3. The van der Waals surface area contributed by atoms with E-state index in [1.165, 1.54) is 22.6 Å². The van der Waals surface area contributed by atoms with Crippen molar-refractivity contribution in [3.8, 4) is 0 Å². The van der Waals surface area contributed by atoms with Gasteiger partial charge in [0.1, 0.15) is 5.60 Å². The van der Waals surface area contributed by atoms with Crippen molar-refractivity contribution in [1.82, 2.24) is 0 Å². The van der Waals surface area contributed by atoms with Gasteiger partial charge in [-0.2, -0.15) is 0 Å². The van der Waals surface area contributed by atoms with Crippen LogP contribution in [-0.2, 0) is 15.1 Å². The topological polar surface area (TPSA) is 26.3 Å². The van der Waals surface area contributed by atoms with Gasteiger partial charge in [0.15, 0.2) is 0 Å². The molecule has 3 heteroatoms. The second-order valence-corrected chi connectivity index (χ2v) is 10.8. The molecule has 0 radical (unpaired) electrons. The zero-order chi connectivity index (χ0) is 21.2. The third-order valence-electron chi connectivity index (χ3n) is 8.06. The summed E-state index contributed by atoms with van der Waals surface area (Å²) in [6.07, 6.45) is 2.19. The van der Waals surface area contributed by atoms with Crippen molar-refractivity contribution >= 4 is 43.4 Å². The Balaban J connectivity index is 1.46. The van der Waals surface area contributed by atoms with Crippen LogP contribution in [0, 0.1) is 29.6 Å². The molecule has 30 heavy (non-hydrogen) atoms. The van der Waals surface area contributed by atoms with Crippen molar-refractivity contribution in [2.45, 2.75) is 46.1 Å². The van der Waals surface area contributed by atoms with Crippen molar-refractivity contribution in [2.24, 2.45) is 29.6 Å². The molecule has 2 bridgehead atoms. The van der Waals surface area contributed by atoms with Gasteiger partial charge in [0.25, 0.3) is 0 Å². The van der Waals surface area contributed by atoms with Crippen LogP contribution in [0.15, 0.2) is 53.0 Å². The fourth-order valence-electron chi connectivity index (χ4n) is 6.11. The molecule has 2 aliphatic carbocycles. The van der Waals surface area contributed by atoms with Gasteiger partial charge in [0.2, 0.25) is 0 Å². The van der Waals surface area contributed by atoms with Gasteiger partial charge in [0, 0.05) is 10.0 Å². The van der Waals surface area contributed by atoms with E-state index < -0.39 is 5.60 Å². The number of hydrogen-bond acceptors (Lipinski definition) is 2. The Kier molecular flexibility index (Phi) is 4.74. The zero-order valence-corrected chi connectivity index (χ0v) is 19.7. The highest BCUT2D eigenvalue weighted by Crippen LogP contribution is 2.55. The molecule has 3 aromatic carbocycles. The predicted octanol–water partition coefficient (Wildman–Crippen LogP) is 7.46.